The van der Waals surface area contributed by atoms with E-state index in [9.17, 15) is 23.1 Å². The van der Waals surface area contributed by atoms with Gasteiger partial charge in [-0.1, -0.05) is 0 Å². The summed E-state index contributed by atoms with van der Waals surface area (Å²) in [5, 5.41) is 17.4. The monoisotopic (exact) mass is 437 g/mol. The molecule has 0 aliphatic carbocycles. The SMILES string of the molecule is COc1nc(-c2ccn3ncc(-c4c(C(F)(F)F)nn(C)c4C)c3c2)sc1C(=O)O. The number of thiazole rings is 1. The molecule has 4 aromatic rings. The fourth-order valence-corrected chi connectivity index (χ4v) is 4.01. The summed E-state index contributed by atoms with van der Waals surface area (Å²) in [4.78, 5) is 15.5. The number of carboxylic acid groups (broad SMARTS) is 1. The lowest BCUT2D eigenvalue weighted by atomic mass is 10.0. The van der Waals surface area contributed by atoms with E-state index in [4.69, 9.17) is 4.74 Å². The number of hydrogen-bond acceptors (Lipinski definition) is 6. The number of aryl methyl sites for hydroxylation is 1. The van der Waals surface area contributed by atoms with Crippen LogP contribution in [-0.2, 0) is 13.2 Å². The van der Waals surface area contributed by atoms with Crippen LogP contribution >= 0.6 is 11.3 Å². The smallest absolute Gasteiger partial charge is 0.435 e. The number of fused-ring (bicyclic) bond motifs is 1. The van der Waals surface area contributed by atoms with Crippen LogP contribution in [0.25, 0.3) is 27.2 Å². The Balaban J connectivity index is 1.92. The number of halogens is 3. The van der Waals surface area contributed by atoms with Gasteiger partial charge in [-0.05, 0) is 19.1 Å². The predicted molar refractivity (Wildman–Crippen MR) is 102 cm³/mol. The number of carbonyl (C=O) groups is 1. The van der Waals surface area contributed by atoms with E-state index in [0.29, 0.717) is 21.8 Å². The van der Waals surface area contributed by atoms with E-state index in [2.05, 4.69) is 15.2 Å². The zero-order valence-electron chi connectivity index (χ0n) is 15.9. The van der Waals surface area contributed by atoms with Gasteiger partial charge in [0.2, 0.25) is 5.88 Å². The summed E-state index contributed by atoms with van der Waals surface area (Å²) in [6, 6.07) is 3.26. The normalized spacial score (nSPS) is 11.9. The molecular formula is C18H14F3N5O3S. The molecule has 0 bridgehead atoms. The molecule has 4 heterocycles. The maximum Gasteiger partial charge on any atom is 0.435 e. The van der Waals surface area contributed by atoms with E-state index in [-0.39, 0.29) is 21.9 Å². The number of carboxylic acids is 1. The van der Waals surface area contributed by atoms with Gasteiger partial charge in [-0.2, -0.15) is 23.4 Å². The molecule has 0 aromatic carbocycles. The van der Waals surface area contributed by atoms with Crippen molar-refractivity contribution in [2.75, 3.05) is 7.11 Å². The zero-order chi connectivity index (χ0) is 21.8. The van der Waals surface area contributed by atoms with Crippen molar-refractivity contribution in [1.82, 2.24) is 24.4 Å². The minimum atomic E-state index is -4.63. The highest BCUT2D eigenvalue weighted by Gasteiger charge is 2.39. The van der Waals surface area contributed by atoms with E-state index in [0.717, 1.165) is 11.3 Å². The molecule has 0 atom stereocenters. The Morgan fingerprint density at radius 3 is 2.67 bits per heavy atom. The third-order valence-corrected chi connectivity index (χ3v) is 5.70. The van der Waals surface area contributed by atoms with Crippen LogP contribution in [-0.4, -0.2) is 42.6 Å². The average molecular weight is 437 g/mol. The van der Waals surface area contributed by atoms with Crippen molar-refractivity contribution in [3.63, 3.8) is 0 Å². The number of hydrogen-bond donors (Lipinski definition) is 1. The second kappa shape index (κ2) is 6.83. The highest BCUT2D eigenvalue weighted by molar-refractivity contribution is 7.17. The standard InChI is InChI=1S/C18H14F3N5O3S/c1-8-12(14(18(19,20)21)24-25(8)2)10-7-22-26-5-4-9(6-11(10)26)16-23-15(29-3)13(30-16)17(27)28/h4-7H,1-3H3,(H,27,28). The summed E-state index contributed by atoms with van der Waals surface area (Å²) < 4.78 is 48.3. The lowest BCUT2D eigenvalue weighted by Crippen LogP contribution is -2.08. The molecule has 0 aliphatic rings. The molecular weight excluding hydrogens is 423 g/mol. The molecule has 0 aliphatic heterocycles. The quantitative estimate of drug-likeness (QED) is 0.521. The number of rotatable bonds is 4. The van der Waals surface area contributed by atoms with Gasteiger partial charge in [0.25, 0.3) is 0 Å². The largest absolute Gasteiger partial charge is 0.480 e. The van der Waals surface area contributed by atoms with E-state index in [1.165, 1.54) is 29.6 Å². The first-order valence-corrected chi connectivity index (χ1v) is 9.30. The van der Waals surface area contributed by atoms with E-state index < -0.39 is 17.8 Å². The molecule has 0 fully saturated rings. The maximum absolute atomic E-state index is 13.6. The Morgan fingerprint density at radius 1 is 1.33 bits per heavy atom. The van der Waals surface area contributed by atoms with Gasteiger partial charge < -0.3 is 9.84 Å². The Morgan fingerprint density at radius 2 is 2.07 bits per heavy atom. The lowest BCUT2D eigenvalue weighted by Gasteiger charge is -2.07. The van der Waals surface area contributed by atoms with Crippen molar-refractivity contribution >= 4 is 22.8 Å². The number of aromatic carboxylic acids is 1. The van der Waals surface area contributed by atoms with Crippen molar-refractivity contribution < 1.29 is 27.8 Å². The van der Waals surface area contributed by atoms with Crippen LogP contribution in [0.4, 0.5) is 13.2 Å². The van der Waals surface area contributed by atoms with Crippen molar-refractivity contribution in [2.24, 2.45) is 7.05 Å². The number of pyridine rings is 1. The molecule has 12 heteroatoms. The minimum absolute atomic E-state index is 0.0291. The van der Waals surface area contributed by atoms with Crippen molar-refractivity contribution in [3.05, 3.63) is 40.8 Å². The molecule has 0 saturated heterocycles. The minimum Gasteiger partial charge on any atom is -0.480 e. The lowest BCUT2D eigenvalue weighted by molar-refractivity contribution is -0.140. The molecule has 8 nitrogen and oxygen atoms in total. The Labute approximate surface area is 171 Å². The van der Waals surface area contributed by atoms with Crippen LogP contribution in [0, 0.1) is 6.92 Å². The summed E-state index contributed by atoms with van der Waals surface area (Å²) in [7, 11) is 2.76. The second-order valence-electron chi connectivity index (χ2n) is 6.40. The molecule has 0 unspecified atom stereocenters. The Hall–Kier alpha value is -3.41. The maximum atomic E-state index is 13.6. The predicted octanol–water partition coefficient (Wildman–Crippen LogP) is 3.89. The molecule has 0 radical (unpaired) electrons. The van der Waals surface area contributed by atoms with Crippen LogP contribution in [0.15, 0.2) is 24.5 Å². The number of methoxy groups -OCH3 is 1. The Kier molecular flexibility index (Phi) is 4.53. The number of aromatic nitrogens is 5. The number of alkyl halides is 3. The molecule has 156 valence electrons. The van der Waals surface area contributed by atoms with Crippen LogP contribution < -0.4 is 4.74 Å². The second-order valence-corrected chi connectivity index (χ2v) is 7.40. The van der Waals surface area contributed by atoms with Crippen LogP contribution in [0.5, 0.6) is 5.88 Å². The third kappa shape index (κ3) is 3.09. The van der Waals surface area contributed by atoms with Gasteiger partial charge >= 0.3 is 12.1 Å². The first-order valence-electron chi connectivity index (χ1n) is 8.48. The van der Waals surface area contributed by atoms with Crippen molar-refractivity contribution in [2.45, 2.75) is 13.1 Å². The fourth-order valence-electron chi connectivity index (χ4n) is 3.14. The summed E-state index contributed by atoms with van der Waals surface area (Å²) in [5.41, 5.74) is 0.478. The highest BCUT2D eigenvalue weighted by Crippen LogP contribution is 2.40. The molecule has 0 amide bonds. The average Bonchev–Trinajstić information content (AvgIpc) is 3.37. The van der Waals surface area contributed by atoms with Crippen LogP contribution in [0.1, 0.15) is 21.1 Å². The van der Waals surface area contributed by atoms with Crippen molar-refractivity contribution in [3.8, 4) is 27.6 Å². The highest BCUT2D eigenvalue weighted by atomic mass is 32.1. The van der Waals surface area contributed by atoms with Crippen LogP contribution in [0.2, 0.25) is 0 Å². The summed E-state index contributed by atoms with van der Waals surface area (Å²) >= 11 is 0.911. The van der Waals surface area contributed by atoms with E-state index in [1.807, 2.05) is 0 Å². The first kappa shape index (κ1) is 19.9. The van der Waals surface area contributed by atoms with Gasteiger partial charge in [0.05, 0.1) is 18.8 Å². The molecule has 0 spiro atoms. The van der Waals surface area contributed by atoms with Gasteiger partial charge in [0, 0.05) is 35.6 Å². The van der Waals surface area contributed by atoms with Gasteiger partial charge in [0.1, 0.15) is 5.01 Å². The Bertz CT molecular complexity index is 1290. The summed E-state index contributed by atoms with van der Waals surface area (Å²) in [6.45, 7) is 1.55. The van der Waals surface area contributed by atoms with E-state index >= 15 is 0 Å². The third-order valence-electron chi connectivity index (χ3n) is 4.62. The topological polar surface area (TPSA) is 94.5 Å². The summed E-state index contributed by atoms with van der Waals surface area (Å²) in [5.74, 6) is -1.21. The number of nitrogens with zero attached hydrogens (tertiary/aromatic N) is 5. The molecule has 4 rings (SSSR count). The van der Waals surface area contributed by atoms with Crippen LogP contribution in [0.3, 0.4) is 0 Å². The van der Waals surface area contributed by atoms with Gasteiger partial charge in [0.15, 0.2) is 10.6 Å². The van der Waals surface area contributed by atoms with Gasteiger partial charge in [-0.15, -0.1) is 11.3 Å². The first-order chi connectivity index (χ1) is 14.1. The summed E-state index contributed by atoms with van der Waals surface area (Å²) in [6.07, 6.45) is -1.71. The van der Waals surface area contributed by atoms with Gasteiger partial charge in [-0.25, -0.2) is 14.3 Å². The molecule has 1 N–H and O–H groups in total. The molecule has 4 aromatic heterocycles. The fraction of sp³-hybridized carbons (Fsp3) is 0.222. The van der Waals surface area contributed by atoms with Gasteiger partial charge in [-0.3, -0.25) is 4.68 Å². The zero-order valence-corrected chi connectivity index (χ0v) is 16.7. The number of ether oxygens (including phenoxy) is 1. The van der Waals surface area contributed by atoms with Crippen molar-refractivity contribution in [1.29, 1.82) is 0 Å². The molecule has 0 saturated carbocycles. The van der Waals surface area contributed by atoms with E-state index in [1.54, 1.807) is 25.3 Å². The molecule has 30 heavy (non-hydrogen) atoms.